The molecule has 3 aromatic rings. The molecular formula is C26H32N4O3. The number of pyridine rings is 1. The lowest BCUT2D eigenvalue weighted by Gasteiger charge is -2.34. The predicted octanol–water partition coefficient (Wildman–Crippen LogP) is 5.05. The van der Waals surface area contributed by atoms with Gasteiger partial charge in [-0.15, -0.1) is 0 Å². The van der Waals surface area contributed by atoms with Crippen LogP contribution in [-0.2, 0) is 6.54 Å². The van der Waals surface area contributed by atoms with Crippen LogP contribution in [-0.4, -0.2) is 46.4 Å². The lowest BCUT2D eigenvalue weighted by molar-refractivity contribution is 0.171. The van der Waals surface area contributed by atoms with Crippen LogP contribution in [0.25, 0.3) is 11.2 Å². The Hall–Kier alpha value is -2.80. The van der Waals surface area contributed by atoms with E-state index in [2.05, 4.69) is 27.7 Å². The first kappa shape index (κ1) is 20.8. The average molecular weight is 449 g/mol. The minimum atomic E-state index is 0.261. The molecule has 7 nitrogen and oxygen atoms in total. The van der Waals surface area contributed by atoms with Crippen LogP contribution in [0, 0.1) is 0 Å². The topological polar surface area (TPSA) is 61.6 Å². The van der Waals surface area contributed by atoms with Gasteiger partial charge in [-0.2, -0.15) is 0 Å². The van der Waals surface area contributed by atoms with E-state index in [0.29, 0.717) is 12.0 Å². The summed E-state index contributed by atoms with van der Waals surface area (Å²) in [6, 6.07) is 8.75. The quantitative estimate of drug-likeness (QED) is 0.544. The van der Waals surface area contributed by atoms with Crippen LogP contribution in [0.3, 0.4) is 0 Å². The van der Waals surface area contributed by atoms with Gasteiger partial charge in [0.05, 0.1) is 7.11 Å². The monoisotopic (exact) mass is 448 g/mol. The second-order valence-corrected chi connectivity index (χ2v) is 9.56. The van der Waals surface area contributed by atoms with E-state index in [1.165, 1.54) is 43.5 Å². The summed E-state index contributed by atoms with van der Waals surface area (Å²) in [6.45, 7) is 3.25. The molecule has 0 bridgehead atoms. The molecule has 2 aliphatic heterocycles. The van der Waals surface area contributed by atoms with E-state index in [1.54, 1.807) is 7.11 Å². The highest BCUT2D eigenvalue weighted by atomic mass is 16.7. The first-order valence-electron chi connectivity index (χ1n) is 12.3. The first-order valence-corrected chi connectivity index (χ1v) is 12.3. The van der Waals surface area contributed by atoms with Crippen molar-refractivity contribution in [2.45, 2.75) is 63.5 Å². The maximum absolute atomic E-state index is 5.61. The number of hydrogen-bond donors (Lipinski definition) is 0. The molecule has 7 heteroatoms. The highest BCUT2D eigenvalue weighted by molar-refractivity contribution is 5.71. The molecule has 0 spiro atoms. The molecule has 0 radical (unpaired) electrons. The van der Waals surface area contributed by atoms with E-state index in [0.717, 1.165) is 60.9 Å². The SMILES string of the molecule is COc1cc(CN2CCC(n3c(C4CCCCC4)nc4cccnc43)CC2)cc2c1OCO2. The van der Waals surface area contributed by atoms with Gasteiger partial charge >= 0.3 is 0 Å². The Morgan fingerprint density at radius 2 is 1.91 bits per heavy atom. The van der Waals surface area contributed by atoms with Crippen molar-refractivity contribution < 1.29 is 14.2 Å². The number of aromatic nitrogens is 3. The van der Waals surface area contributed by atoms with Gasteiger partial charge in [0.2, 0.25) is 12.5 Å². The smallest absolute Gasteiger partial charge is 0.231 e. The molecule has 1 saturated heterocycles. The van der Waals surface area contributed by atoms with Gasteiger partial charge in [0.15, 0.2) is 17.1 Å². The summed E-state index contributed by atoms with van der Waals surface area (Å²) in [4.78, 5) is 12.4. The van der Waals surface area contributed by atoms with Crippen LogP contribution in [0.1, 0.15) is 68.3 Å². The molecule has 3 aliphatic rings. The van der Waals surface area contributed by atoms with Crippen LogP contribution in [0.5, 0.6) is 17.2 Å². The zero-order valence-corrected chi connectivity index (χ0v) is 19.3. The van der Waals surface area contributed by atoms with Gasteiger partial charge in [-0.3, -0.25) is 4.90 Å². The Balaban J connectivity index is 1.20. The number of imidazole rings is 1. The normalized spacial score (nSPS) is 19.9. The van der Waals surface area contributed by atoms with Crippen LogP contribution in [0.15, 0.2) is 30.5 Å². The summed E-state index contributed by atoms with van der Waals surface area (Å²) < 4.78 is 19.2. The maximum atomic E-state index is 5.61. The minimum absolute atomic E-state index is 0.261. The lowest BCUT2D eigenvalue weighted by atomic mass is 9.88. The van der Waals surface area contributed by atoms with Crippen molar-refractivity contribution in [2.75, 3.05) is 27.0 Å². The molecule has 1 saturated carbocycles. The van der Waals surface area contributed by atoms with Crippen LogP contribution < -0.4 is 14.2 Å². The largest absolute Gasteiger partial charge is 0.493 e. The first-order chi connectivity index (χ1) is 16.3. The number of hydrogen-bond acceptors (Lipinski definition) is 6. The number of piperidine rings is 1. The molecule has 1 aromatic carbocycles. The van der Waals surface area contributed by atoms with Gasteiger partial charge in [-0.05, 0) is 55.5 Å². The Bertz CT molecular complexity index is 1130. The summed E-state index contributed by atoms with van der Waals surface area (Å²) in [5.41, 5.74) is 3.32. The minimum Gasteiger partial charge on any atom is -0.493 e. The second-order valence-electron chi connectivity index (χ2n) is 9.56. The Morgan fingerprint density at radius 1 is 1.06 bits per heavy atom. The molecule has 6 rings (SSSR count). The molecule has 2 fully saturated rings. The molecule has 0 N–H and O–H groups in total. The fourth-order valence-electron chi connectivity index (χ4n) is 5.82. The molecule has 2 aromatic heterocycles. The summed E-state index contributed by atoms with van der Waals surface area (Å²) in [5, 5.41) is 0. The van der Waals surface area contributed by atoms with Gasteiger partial charge in [-0.1, -0.05) is 19.3 Å². The van der Waals surface area contributed by atoms with Gasteiger partial charge in [0.25, 0.3) is 0 Å². The summed E-state index contributed by atoms with van der Waals surface area (Å²) >= 11 is 0. The van der Waals surface area contributed by atoms with Gasteiger partial charge in [0.1, 0.15) is 11.3 Å². The summed E-state index contributed by atoms with van der Waals surface area (Å²) in [7, 11) is 1.68. The molecular weight excluding hydrogens is 416 g/mol. The van der Waals surface area contributed by atoms with Crippen molar-refractivity contribution in [1.29, 1.82) is 0 Å². The number of methoxy groups -OCH3 is 1. The standard InChI is InChI=1S/C26H32N4O3/c1-31-22-14-18(15-23-24(22)33-17-32-23)16-29-12-9-20(10-13-29)30-25(19-6-3-2-4-7-19)28-21-8-5-11-27-26(21)30/h5,8,11,14-15,19-20H,2-4,6-7,9-10,12-13,16-17H2,1H3. The van der Waals surface area contributed by atoms with Crippen molar-refractivity contribution in [2.24, 2.45) is 0 Å². The third kappa shape index (κ3) is 3.92. The van der Waals surface area contributed by atoms with Crippen molar-refractivity contribution in [3.8, 4) is 17.2 Å². The number of fused-ring (bicyclic) bond motifs is 2. The molecule has 33 heavy (non-hydrogen) atoms. The van der Waals surface area contributed by atoms with Crippen LogP contribution >= 0.6 is 0 Å². The van der Waals surface area contributed by atoms with Crippen molar-refractivity contribution in [1.82, 2.24) is 19.4 Å². The van der Waals surface area contributed by atoms with Crippen LogP contribution in [0.4, 0.5) is 0 Å². The Labute approximate surface area is 194 Å². The summed E-state index contributed by atoms with van der Waals surface area (Å²) in [5.74, 6) is 4.11. The van der Waals surface area contributed by atoms with E-state index in [-0.39, 0.29) is 6.79 Å². The average Bonchev–Trinajstić information content (AvgIpc) is 3.49. The number of benzene rings is 1. The van der Waals surface area contributed by atoms with E-state index in [4.69, 9.17) is 24.2 Å². The second kappa shape index (κ2) is 8.86. The number of ether oxygens (including phenoxy) is 3. The third-order valence-electron chi connectivity index (χ3n) is 7.49. The molecule has 0 amide bonds. The highest BCUT2D eigenvalue weighted by Crippen LogP contribution is 2.42. The van der Waals surface area contributed by atoms with E-state index in [1.807, 2.05) is 12.3 Å². The molecule has 4 heterocycles. The highest BCUT2D eigenvalue weighted by Gasteiger charge is 2.29. The molecule has 0 atom stereocenters. The third-order valence-corrected chi connectivity index (χ3v) is 7.49. The van der Waals surface area contributed by atoms with Gasteiger partial charge in [0, 0.05) is 37.8 Å². The lowest BCUT2D eigenvalue weighted by Crippen LogP contribution is -2.35. The Kier molecular flexibility index (Phi) is 5.58. The Morgan fingerprint density at radius 3 is 2.73 bits per heavy atom. The van der Waals surface area contributed by atoms with Crippen molar-refractivity contribution in [3.05, 3.63) is 41.9 Å². The van der Waals surface area contributed by atoms with E-state index in [9.17, 15) is 0 Å². The van der Waals surface area contributed by atoms with Crippen molar-refractivity contribution >= 4 is 11.2 Å². The zero-order chi connectivity index (χ0) is 22.2. The van der Waals surface area contributed by atoms with Gasteiger partial charge in [-0.25, -0.2) is 9.97 Å². The van der Waals surface area contributed by atoms with E-state index < -0.39 is 0 Å². The number of rotatable bonds is 5. The van der Waals surface area contributed by atoms with Gasteiger partial charge < -0.3 is 18.8 Å². The molecule has 0 unspecified atom stereocenters. The maximum Gasteiger partial charge on any atom is 0.231 e. The fraction of sp³-hybridized carbons (Fsp3) is 0.538. The number of nitrogens with zero attached hydrogens (tertiary/aromatic N) is 4. The van der Waals surface area contributed by atoms with Crippen LogP contribution in [0.2, 0.25) is 0 Å². The predicted molar refractivity (Wildman–Crippen MR) is 126 cm³/mol. The fourth-order valence-corrected chi connectivity index (χ4v) is 5.82. The molecule has 174 valence electrons. The number of likely N-dealkylation sites (tertiary alicyclic amines) is 1. The van der Waals surface area contributed by atoms with E-state index >= 15 is 0 Å². The van der Waals surface area contributed by atoms with Crippen molar-refractivity contribution in [3.63, 3.8) is 0 Å². The summed E-state index contributed by atoms with van der Waals surface area (Å²) in [6.07, 6.45) is 10.7. The zero-order valence-electron chi connectivity index (χ0n) is 19.3. The molecule has 1 aliphatic carbocycles.